The molecule has 0 saturated carbocycles. The Hall–Kier alpha value is -3.41. The first-order valence-corrected chi connectivity index (χ1v) is 8.34. The van der Waals surface area contributed by atoms with E-state index in [4.69, 9.17) is 14.0 Å². The van der Waals surface area contributed by atoms with Crippen LogP contribution >= 0.6 is 0 Å². The molecule has 0 amide bonds. The number of nitrogens with zero attached hydrogens (tertiary/aromatic N) is 1. The summed E-state index contributed by atoms with van der Waals surface area (Å²) in [5.74, 6) is -2.46. The van der Waals surface area contributed by atoms with E-state index in [1.165, 1.54) is 14.2 Å². The number of aryl methyl sites for hydroxylation is 1. The normalized spacial score (nSPS) is 10.7. The second-order valence-corrected chi connectivity index (χ2v) is 5.99. The lowest BCUT2D eigenvalue weighted by Gasteiger charge is -2.14. The number of carbonyl (C=O) groups excluding carboxylic acids is 2. The zero-order chi connectivity index (χ0) is 19.4. The Labute approximate surface area is 156 Å². The summed E-state index contributed by atoms with van der Waals surface area (Å²) in [7, 11) is 2.44. The summed E-state index contributed by atoms with van der Waals surface area (Å²) in [4.78, 5) is 24.9. The van der Waals surface area contributed by atoms with Gasteiger partial charge in [0.25, 0.3) is 0 Å². The molecule has 1 heterocycles. The van der Waals surface area contributed by atoms with Crippen molar-refractivity contribution >= 4 is 11.9 Å². The Bertz CT molecular complexity index is 928. The highest BCUT2D eigenvalue weighted by molar-refractivity contribution is 6.03. The molecule has 3 aromatic rings. The Morgan fingerprint density at radius 1 is 0.889 bits per heavy atom. The maximum atomic E-state index is 12.4. The number of benzene rings is 2. The number of ether oxygens (including phenoxy) is 2. The molecule has 0 atom stereocenters. The van der Waals surface area contributed by atoms with Gasteiger partial charge in [0.1, 0.15) is 5.69 Å². The van der Waals surface area contributed by atoms with Crippen LogP contribution in [-0.2, 0) is 19.1 Å². The van der Waals surface area contributed by atoms with Crippen molar-refractivity contribution < 1.29 is 23.6 Å². The van der Waals surface area contributed by atoms with Crippen molar-refractivity contribution in [3.05, 3.63) is 65.7 Å². The van der Waals surface area contributed by atoms with Crippen LogP contribution in [-0.4, -0.2) is 31.3 Å². The van der Waals surface area contributed by atoms with Gasteiger partial charge in [0.15, 0.2) is 11.7 Å². The van der Waals surface area contributed by atoms with E-state index >= 15 is 0 Å². The third kappa shape index (κ3) is 3.60. The highest BCUT2D eigenvalue weighted by Crippen LogP contribution is 2.38. The van der Waals surface area contributed by atoms with Gasteiger partial charge < -0.3 is 14.0 Å². The van der Waals surface area contributed by atoms with E-state index in [1.54, 1.807) is 0 Å². The van der Waals surface area contributed by atoms with Crippen LogP contribution in [0.4, 0.5) is 0 Å². The summed E-state index contributed by atoms with van der Waals surface area (Å²) in [6, 6.07) is 16.7. The van der Waals surface area contributed by atoms with Gasteiger partial charge in [-0.3, -0.25) is 9.59 Å². The summed E-state index contributed by atoms with van der Waals surface area (Å²) < 4.78 is 15.3. The van der Waals surface area contributed by atoms with Crippen molar-refractivity contribution in [2.24, 2.45) is 0 Å². The van der Waals surface area contributed by atoms with Gasteiger partial charge in [-0.1, -0.05) is 65.3 Å². The largest absolute Gasteiger partial charge is 0.468 e. The molecule has 0 spiro atoms. The molecule has 27 heavy (non-hydrogen) atoms. The number of hydrogen-bond acceptors (Lipinski definition) is 6. The van der Waals surface area contributed by atoms with E-state index in [9.17, 15) is 9.59 Å². The number of methoxy groups -OCH3 is 2. The first-order chi connectivity index (χ1) is 13.1. The Morgan fingerprint density at radius 3 is 2.04 bits per heavy atom. The Balaban J connectivity index is 2.26. The molecule has 0 aliphatic heterocycles. The molecule has 0 unspecified atom stereocenters. The maximum absolute atomic E-state index is 12.4. The fraction of sp³-hybridized carbons (Fsp3) is 0.190. The Kier molecular flexibility index (Phi) is 5.35. The van der Waals surface area contributed by atoms with E-state index in [0.29, 0.717) is 22.6 Å². The topological polar surface area (TPSA) is 78.6 Å². The van der Waals surface area contributed by atoms with Crippen LogP contribution < -0.4 is 0 Å². The lowest BCUT2D eigenvalue weighted by atomic mass is 9.91. The summed E-state index contributed by atoms with van der Waals surface area (Å²) in [6.45, 7) is 1.97. The van der Waals surface area contributed by atoms with Crippen molar-refractivity contribution in [1.82, 2.24) is 5.16 Å². The average Bonchev–Trinajstić information content (AvgIpc) is 3.13. The number of hydrogen-bond donors (Lipinski definition) is 0. The highest BCUT2D eigenvalue weighted by atomic mass is 16.5. The molecule has 138 valence electrons. The van der Waals surface area contributed by atoms with E-state index in [1.807, 2.05) is 61.5 Å². The first-order valence-electron chi connectivity index (χ1n) is 8.34. The first kappa shape index (κ1) is 18.4. The quantitative estimate of drug-likeness (QED) is 0.506. The molecule has 6 heteroatoms. The molecular weight excluding hydrogens is 346 g/mol. The third-order valence-electron chi connectivity index (χ3n) is 4.25. The molecule has 0 aliphatic carbocycles. The minimum absolute atomic E-state index is 0.323. The van der Waals surface area contributed by atoms with Crippen molar-refractivity contribution in [1.29, 1.82) is 0 Å². The van der Waals surface area contributed by atoms with Gasteiger partial charge in [0.2, 0.25) is 0 Å². The minimum atomic E-state index is -1.31. The predicted octanol–water partition coefficient (Wildman–Crippen LogP) is 3.75. The lowest BCUT2D eigenvalue weighted by Crippen LogP contribution is -2.25. The summed E-state index contributed by atoms with van der Waals surface area (Å²) in [5, 5.41) is 4.16. The van der Waals surface area contributed by atoms with Gasteiger partial charge in [0, 0.05) is 11.1 Å². The molecule has 0 aliphatic rings. The summed E-state index contributed by atoms with van der Waals surface area (Å²) in [6.07, 6.45) is 0. The maximum Gasteiger partial charge on any atom is 0.324 e. The van der Waals surface area contributed by atoms with Crippen LogP contribution in [0, 0.1) is 6.92 Å². The smallest absolute Gasteiger partial charge is 0.324 e. The van der Waals surface area contributed by atoms with Gasteiger partial charge in [-0.05, 0) is 6.92 Å². The van der Waals surface area contributed by atoms with Crippen LogP contribution in [0.5, 0.6) is 0 Å². The van der Waals surface area contributed by atoms with Gasteiger partial charge in [0.05, 0.1) is 19.8 Å². The van der Waals surface area contributed by atoms with Crippen molar-refractivity contribution in [3.8, 4) is 22.6 Å². The molecule has 0 fully saturated rings. The van der Waals surface area contributed by atoms with Crippen molar-refractivity contribution in [2.45, 2.75) is 12.8 Å². The minimum Gasteiger partial charge on any atom is -0.468 e. The fourth-order valence-electron chi connectivity index (χ4n) is 2.85. The van der Waals surface area contributed by atoms with E-state index in [-0.39, 0.29) is 0 Å². The second kappa shape index (κ2) is 7.86. The van der Waals surface area contributed by atoms with Crippen LogP contribution in [0.2, 0.25) is 0 Å². The molecule has 0 N–H and O–H groups in total. The summed E-state index contributed by atoms with van der Waals surface area (Å²) in [5.41, 5.74) is 3.21. The number of carbonyl (C=O) groups is 2. The van der Waals surface area contributed by atoms with E-state index < -0.39 is 17.9 Å². The van der Waals surface area contributed by atoms with Crippen LogP contribution in [0.1, 0.15) is 17.0 Å². The zero-order valence-corrected chi connectivity index (χ0v) is 15.3. The molecule has 0 radical (unpaired) electrons. The molecule has 6 nitrogen and oxygen atoms in total. The van der Waals surface area contributed by atoms with Gasteiger partial charge in [-0.2, -0.15) is 0 Å². The van der Waals surface area contributed by atoms with Gasteiger partial charge in [-0.25, -0.2) is 0 Å². The number of aromatic nitrogens is 1. The Morgan fingerprint density at radius 2 is 1.48 bits per heavy atom. The SMILES string of the molecule is COC(=O)C(C(=O)OC)c1c(-c2ccc(C)cc2)noc1-c1ccccc1. The van der Waals surface area contributed by atoms with Gasteiger partial charge >= 0.3 is 11.9 Å². The molecule has 0 bridgehead atoms. The highest BCUT2D eigenvalue weighted by Gasteiger charge is 2.38. The number of esters is 2. The van der Waals surface area contributed by atoms with Gasteiger partial charge in [-0.15, -0.1) is 0 Å². The second-order valence-electron chi connectivity index (χ2n) is 5.99. The third-order valence-corrected chi connectivity index (χ3v) is 4.25. The fourth-order valence-corrected chi connectivity index (χ4v) is 2.85. The van der Waals surface area contributed by atoms with E-state index in [2.05, 4.69) is 5.16 Å². The average molecular weight is 365 g/mol. The molecule has 0 saturated heterocycles. The monoisotopic (exact) mass is 365 g/mol. The molecular formula is C21H19NO5. The molecule has 2 aromatic carbocycles. The van der Waals surface area contributed by atoms with Crippen LogP contribution in [0.3, 0.4) is 0 Å². The van der Waals surface area contributed by atoms with E-state index in [0.717, 1.165) is 11.1 Å². The molecule has 3 rings (SSSR count). The summed E-state index contributed by atoms with van der Waals surface area (Å²) >= 11 is 0. The zero-order valence-electron chi connectivity index (χ0n) is 15.3. The van der Waals surface area contributed by atoms with Crippen LogP contribution in [0.25, 0.3) is 22.6 Å². The van der Waals surface area contributed by atoms with Crippen LogP contribution in [0.15, 0.2) is 59.1 Å². The van der Waals surface area contributed by atoms with Crippen molar-refractivity contribution in [3.63, 3.8) is 0 Å². The lowest BCUT2D eigenvalue weighted by molar-refractivity contribution is -0.154. The predicted molar refractivity (Wildman–Crippen MR) is 98.9 cm³/mol. The molecule has 1 aromatic heterocycles. The standard InChI is InChI=1S/C21H19NO5/c1-13-9-11-14(12-10-13)18-16(17(20(23)25-2)21(24)26-3)19(27-22-18)15-7-5-4-6-8-15/h4-12,17H,1-3H3. The van der Waals surface area contributed by atoms with Crippen molar-refractivity contribution in [2.75, 3.05) is 14.2 Å². The number of rotatable bonds is 5.